The van der Waals surface area contributed by atoms with Crippen LogP contribution in [0, 0.1) is 0 Å². The van der Waals surface area contributed by atoms with Crippen LogP contribution in [0.1, 0.15) is 16.0 Å². The van der Waals surface area contributed by atoms with Gasteiger partial charge in [0.25, 0.3) is 5.91 Å². The highest BCUT2D eigenvalue weighted by Crippen LogP contribution is 2.35. The van der Waals surface area contributed by atoms with E-state index in [-0.39, 0.29) is 5.91 Å². The highest BCUT2D eigenvalue weighted by Gasteiger charge is 2.33. The molecule has 0 N–H and O–H groups in total. The minimum atomic E-state index is 0.00480. The summed E-state index contributed by atoms with van der Waals surface area (Å²) in [6, 6.07) is 24.1. The fraction of sp³-hybridized carbons (Fsp3) is 0.0909. The van der Waals surface area contributed by atoms with E-state index in [0.717, 1.165) is 25.0 Å². The Labute approximate surface area is 180 Å². The lowest BCUT2D eigenvalue weighted by atomic mass is 10.2. The molecule has 2 heterocycles. The number of amides is 1. The van der Waals surface area contributed by atoms with Gasteiger partial charge in [-0.1, -0.05) is 60.7 Å². The zero-order valence-corrected chi connectivity index (χ0v) is 18.1. The molecule has 140 valence electrons. The van der Waals surface area contributed by atoms with Crippen LogP contribution in [0.3, 0.4) is 0 Å². The maximum absolute atomic E-state index is 13.1. The molecule has 1 aliphatic rings. The number of halogens is 1. The number of nitrogens with zero attached hydrogens (tertiary/aromatic N) is 2. The Morgan fingerprint density at radius 2 is 1.61 bits per heavy atom. The largest absolute Gasteiger partial charge is 0.282 e. The van der Waals surface area contributed by atoms with Crippen molar-refractivity contribution in [1.82, 2.24) is 4.90 Å². The van der Waals surface area contributed by atoms with Crippen molar-refractivity contribution in [3.63, 3.8) is 0 Å². The van der Waals surface area contributed by atoms with Crippen molar-refractivity contribution >= 4 is 56.2 Å². The van der Waals surface area contributed by atoms with Crippen molar-refractivity contribution in [3.8, 4) is 0 Å². The monoisotopic (exact) mass is 468 g/mol. The van der Waals surface area contributed by atoms with Gasteiger partial charge in [0, 0.05) is 4.88 Å². The van der Waals surface area contributed by atoms with Crippen LogP contribution >= 0.6 is 39.0 Å². The van der Waals surface area contributed by atoms with Gasteiger partial charge in [0.15, 0.2) is 5.17 Å². The smallest absolute Gasteiger partial charge is 0.267 e. The van der Waals surface area contributed by atoms with Crippen LogP contribution < -0.4 is 0 Å². The van der Waals surface area contributed by atoms with Crippen molar-refractivity contribution < 1.29 is 4.79 Å². The first-order valence-electron chi connectivity index (χ1n) is 8.78. The van der Waals surface area contributed by atoms with E-state index < -0.39 is 0 Å². The normalized spacial score (nSPS) is 17.0. The molecule has 3 nitrogen and oxygen atoms in total. The fourth-order valence-electron chi connectivity index (χ4n) is 2.81. The van der Waals surface area contributed by atoms with E-state index in [1.165, 1.54) is 11.8 Å². The number of aliphatic imine (C=N–C) groups is 1. The lowest BCUT2D eigenvalue weighted by Crippen LogP contribution is -2.28. The number of benzene rings is 2. The number of hydrogen-bond donors (Lipinski definition) is 0. The van der Waals surface area contributed by atoms with Crippen LogP contribution in [0.2, 0.25) is 0 Å². The molecule has 1 amide bonds. The standard InChI is InChI=1S/C22H17BrN2OS2/c23-20-12-11-18(27-20)13-19-21(26)25(15-17-9-5-2-6-10-17)22(28-19)24-14-16-7-3-1-4-8-16/h1-13H,14-15H2/b19-13+,24-22?. The lowest BCUT2D eigenvalue weighted by molar-refractivity contribution is -0.122. The molecule has 28 heavy (non-hydrogen) atoms. The van der Waals surface area contributed by atoms with E-state index in [4.69, 9.17) is 4.99 Å². The fourth-order valence-corrected chi connectivity index (χ4v) is 5.22. The summed E-state index contributed by atoms with van der Waals surface area (Å²) < 4.78 is 1.05. The van der Waals surface area contributed by atoms with Gasteiger partial charge in [0.05, 0.1) is 21.8 Å². The van der Waals surface area contributed by atoms with E-state index >= 15 is 0 Å². The average molecular weight is 469 g/mol. The molecule has 0 saturated carbocycles. The molecule has 3 aromatic rings. The van der Waals surface area contributed by atoms with Gasteiger partial charge in [-0.15, -0.1) is 11.3 Å². The van der Waals surface area contributed by atoms with Gasteiger partial charge >= 0.3 is 0 Å². The first-order chi connectivity index (χ1) is 13.7. The van der Waals surface area contributed by atoms with Gasteiger partial charge in [-0.3, -0.25) is 14.7 Å². The van der Waals surface area contributed by atoms with Crippen LogP contribution in [0.25, 0.3) is 6.08 Å². The molecule has 0 radical (unpaired) electrons. The summed E-state index contributed by atoms with van der Waals surface area (Å²) >= 11 is 6.54. The summed E-state index contributed by atoms with van der Waals surface area (Å²) in [6.07, 6.45) is 1.95. The quantitative estimate of drug-likeness (QED) is 0.418. The van der Waals surface area contributed by atoms with Crippen molar-refractivity contribution in [1.29, 1.82) is 0 Å². The Morgan fingerprint density at radius 3 is 2.25 bits per heavy atom. The van der Waals surface area contributed by atoms with Crippen LogP contribution in [-0.4, -0.2) is 16.0 Å². The van der Waals surface area contributed by atoms with Crippen molar-refractivity contribution in [2.24, 2.45) is 4.99 Å². The number of thioether (sulfide) groups is 1. The average Bonchev–Trinajstić information content (AvgIpc) is 3.26. The zero-order chi connectivity index (χ0) is 19.3. The molecule has 0 unspecified atom stereocenters. The van der Waals surface area contributed by atoms with E-state index in [9.17, 15) is 4.79 Å². The van der Waals surface area contributed by atoms with E-state index in [1.54, 1.807) is 16.2 Å². The molecule has 1 saturated heterocycles. The Morgan fingerprint density at radius 1 is 0.929 bits per heavy atom. The first kappa shape index (κ1) is 19.2. The van der Waals surface area contributed by atoms with Crippen LogP contribution in [0.4, 0.5) is 0 Å². The predicted octanol–water partition coefficient (Wildman–Crippen LogP) is 6.18. The molecule has 0 bridgehead atoms. The Bertz CT molecular complexity index is 1030. The second-order valence-corrected chi connectivity index (χ2v) is 9.72. The van der Waals surface area contributed by atoms with Gasteiger partial charge in [-0.25, -0.2) is 0 Å². The Kier molecular flexibility index (Phi) is 6.10. The molecule has 0 aliphatic carbocycles. The lowest BCUT2D eigenvalue weighted by Gasteiger charge is -2.15. The molecule has 2 aromatic carbocycles. The summed E-state index contributed by atoms with van der Waals surface area (Å²) in [4.78, 5) is 21.4. The summed E-state index contributed by atoms with van der Waals surface area (Å²) in [5, 5.41) is 0.750. The Hall–Kier alpha value is -2.15. The third-order valence-electron chi connectivity index (χ3n) is 4.18. The van der Waals surface area contributed by atoms with Gasteiger partial charge in [-0.05, 0) is 57.0 Å². The van der Waals surface area contributed by atoms with Gasteiger partial charge < -0.3 is 0 Å². The van der Waals surface area contributed by atoms with E-state index in [0.29, 0.717) is 18.0 Å². The summed E-state index contributed by atoms with van der Waals surface area (Å²) in [7, 11) is 0. The number of rotatable bonds is 5. The second-order valence-electron chi connectivity index (χ2n) is 6.21. The van der Waals surface area contributed by atoms with E-state index in [1.807, 2.05) is 78.9 Å². The van der Waals surface area contributed by atoms with Crippen LogP contribution in [0.5, 0.6) is 0 Å². The summed E-state index contributed by atoms with van der Waals surface area (Å²) in [5.41, 5.74) is 2.21. The topological polar surface area (TPSA) is 32.7 Å². The molecular weight excluding hydrogens is 452 g/mol. The number of amidine groups is 1. The van der Waals surface area contributed by atoms with Crippen molar-refractivity contribution in [3.05, 3.63) is 97.5 Å². The maximum Gasteiger partial charge on any atom is 0.267 e. The zero-order valence-electron chi connectivity index (χ0n) is 14.9. The maximum atomic E-state index is 13.1. The first-order valence-corrected chi connectivity index (χ1v) is 11.2. The Balaban J connectivity index is 1.62. The van der Waals surface area contributed by atoms with Gasteiger partial charge in [0.1, 0.15) is 0 Å². The van der Waals surface area contributed by atoms with Crippen LogP contribution in [-0.2, 0) is 17.9 Å². The third kappa shape index (κ3) is 4.63. The molecule has 6 heteroatoms. The predicted molar refractivity (Wildman–Crippen MR) is 122 cm³/mol. The van der Waals surface area contributed by atoms with E-state index in [2.05, 4.69) is 15.9 Å². The highest BCUT2D eigenvalue weighted by atomic mass is 79.9. The minimum Gasteiger partial charge on any atom is -0.282 e. The minimum absolute atomic E-state index is 0.00480. The second kappa shape index (κ2) is 8.90. The van der Waals surface area contributed by atoms with Crippen molar-refractivity contribution in [2.45, 2.75) is 13.1 Å². The summed E-state index contributed by atoms with van der Waals surface area (Å²) in [6.45, 7) is 1.07. The number of hydrogen-bond acceptors (Lipinski definition) is 4. The molecule has 1 aromatic heterocycles. The SMILES string of the molecule is O=C1/C(=C\c2ccc(Br)s2)SC(=NCc2ccccc2)N1Cc1ccccc1. The molecular formula is C22H17BrN2OS2. The van der Waals surface area contributed by atoms with Gasteiger partial charge in [-0.2, -0.15) is 0 Å². The number of thiophene rings is 1. The molecule has 0 atom stereocenters. The van der Waals surface area contributed by atoms with Gasteiger partial charge in [0.2, 0.25) is 0 Å². The third-order valence-corrected chi connectivity index (χ3v) is 6.79. The molecule has 1 fully saturated rings. The molecule has 0 spiro atoms. The number of carbonyl (C=O) groups excluding carboxylic acids is 1. The van der Waals surface area contributed by atoms with Crippen LogP contribution in [0.15, 0.2) is 86.5 Å². The number of carbonyl (C=O) groups is 1. The highest BCUT2D eigenvalue weighted by molar-refractivity contribution is 9.11. The molecule has 1 aliphatic heterocycles. The van der Waals surface area contributed by atoms with Crippen molar-refractivity contribution in [2.75, 3.05) is 0 Å². The molecule has 4 rings (SSSR count). The summed E-state index contributed by atoms with van der Waals surface area (Å²) in [5.74, 6) is 0.00480.